The number of benzene rings is 2. The van der Waals surface area contributed by atoms with Crippen molar-refractivity contribution in [3.8, 4) is 0 Å². The maximum absolute atomic E-state index is 13.8. The summed E-state index contributed by atoms with van der Waals surface area (Å²) in [4.78, 5) is 30.8. The third kappa shape index (κ3) is 6.58. The number of morpholine rings is 1. The van der Waals surface area contributed by atoms with Gasteiger partial charge in [-0.1, -0.05) is 55.8 Å². The SMILES string of the molecule is Cc1ccc(C2=NN(C(=O)CN(CCN3CCOCC3)C(=O)C(C)C)C(c3ccccc3Cl)C2)cc1C. The van der Waals surface area contributed by atoms with Crippen LogP contribution in [0.15, 0.2) is 47.6 Å². The standard InChI is InChI=1S/C29H37ClN4O3/c1-20(2)29(36)33(12-11-32-13-15-37-16-14-32)19-28(35)34-27(24-7-5-6-8-25(24)30)18-26(31-34)23-10-9-21(3)22(4)17-23/h5-10,17,20,27H,11-16,18-19H2,1-4H3. The second-order valence-electron chi connectivity index (χ2n) is 10.2. The molecular formula is C29H37ClN4O3. The lowest BCUT2D eigenvalue weighted by Crippen LogP contribution is -2.47. The van der Waals surface area contributed by atoms with Gasteiger partial charge in [0.2, 0.25) is 5.91 Å². The van der Waals surface area contributed by atoms with E-state index >= 15 is 0 Å². The summed E-state index contributed by atoms with van der Waals surface area (Å²) in [6.45, 7) is 12.1. The van der Waals surface area contributed by atoms with Crippen molar-refractivity contribution in [2.45, 2.75) is 40.2 Å². The fourth-order valence-corrected chi connectivity index (χ4v) is 5.04. The molecular weight excluding hydrogens is 488 g/mol. The summed E-state index contributed by atoms with van der Waals surface area (Å²) in [5.74, 6) is -0.446. The van der Waals surface area contributed by atoms with E-state index in [2.05, 4.69) is 36.9 Å². The largest absolute Gasteiger partial charge is 0.379 e. The lowest BCUT2D eigenvalue weighted by atomic mass is 9.96. The monoisotopic (exact) mass is 524 g/mol. The number of carbonyl (C=O) groups excluding carboxylic acids is 2. The van der Waals surface area contributed by atoms with Gasteiger partial charge in [-0.2, -0.15) is 5.10 Å². The molecule has 2 aliphatic heterocycles. The van der Waals surface area contributed by atoms with Crippen LogP contribution in [0, 0.1) is 19.8 Å². The minimum absolute atomic E-state index is 0.0218. The van der Waals surface area contributed by atoms with Gasteiger partial charge >= 0.3 is 0 Å². The highest BCUT2D eigenvalue weighted by Crippen LogP contribution is 2.36. The number of halogens is 1. The zero-order chi connectivity index (χ0) is 26.5. The Morgan fingerprint density at radius 2 is 1.84 bits per heavy atom. The van der Waals surface area contributed by atoms with Crippen molar-refractivity contribution >= 4 is 29.1 Å². The molecule has 0 N–H and O–H groups in total. The van der Waals surface area contributed by atoms with Gasteiger partial charge in [0.05, 0.1) is 25.0 Å². The van der Waals surface area contributed by atoms with Crippen LogP contribution in [0.5, 0.6) is 0 Å². The summed E-state index contributed by atoms with van der Waals surface area (Å²) in [5, 5.41) is 6.96. The van der Waals surface area contributed by atoms with Crippen molar-refractivity contribution in [1.82, 2.24) is 14.8 Å². The van der Waals surface area contributed by atoms with Crippen LogP contribution in [0.3, 0.4) is 0 Å². The van der Waals surface area contributed by atoms with Gasteiger partial charge in [-0.25, -0.2) is 5.01 Å². The smallest absolute Gasteiger partial charge is 0.262 e. The molecule has 1 fully saturated rings. The van der Waals surface area contributed by atoms with Gasteiger partial charge in [-0.05, 0) is 48.2 Å². The summed E-state index contributed by atoms with van der Waals surface area (Å²) >= 11 is 6.58. The molecule has 0 aliphatic carbocycles. The Labute approximate surface area is 225 Å². The van der Waals surface area contributed by atoms with E-state index in [9.17, 15) is 9.59 Å². The molecule has 0 aromatic heterocycles. The van der Waals surface area contributed by atoms with Crippen molar-refractivity contribution in [3.63, 3.8) is 0 Å². The highest BCUT2D eigenvalue weighted by molar-refractivity contribution is 6.31. The molecule has 2 heterocycles. The predicted octanol–water partition coefficient (Wildman–Crippen LogP) is 4.45. The second kappa shape index (κ2) is 12.2. The van der Waals surface area contributed by atoms with E-state index < -0.39 is 0 Å². The van der Waals surface area contributed by atoms with Crippen LogP contribution in [-0.2, 0) is 14.3 Å². The van der Waals surface area contributed by atoms with Gasteiger partial charge in [0.25, 0.3) is 5.91 Å². The summed E-state index contributed by atoms with van der Waals surface area (Å²) < 4.78 is 5.44. The number of amides is 2. The number of nitrogens with zero attached hydrogens (tertiary/aromatic N) is 4. The zero-order valence-corrected chi connectivity index (χ0v) is 23.0. The summed E-state index contributed by atoms with van der Waals surface area (Å²) in [6.07, 6.45) is 0.559. The minimum atomic E-state index is -0.326. The van der Waals surface area contributed by atoms with Crippen molar-refractivity contribution in [3.05, 3.63) is 69.7 Å². The topological polar surface area (TPSA) is 65.5 Å². The molecule has 2 aromatic rings. The van der Waals surface area contributed by atoms with Gasteiger partial charge in [-0.15, -0.1) is 0 Å². The van der Waals surface area contributed by atoms with Crippen molar-refractivity contribution in [2.75, 3.05) is 45.9 Å². The van der Waals surface area contributed by atoms with Crippen LogP contribution in [-0.4, -0.2) is 78.3 Å². The molecule has 2 aliphatic rings. The number of hydrazone groups is 1. The number of hydrogen-bond donors (Lipinski definition) is 0. The molecule has 0 spiro atoms. The number of ether oxygens (including phenoxy) is 1. The molecule has 198 valence electrons. The number of carbonyl (C=O) groups is 2. The molecule has 4 rings (SSSR count). The van der Waals surface area contributed by atoms with Gasteiger partial charge in [0, 0.05) is 43.5 Å². The Morgan fingerprint density at radius 1 is 1.11 bits per heavy atom. The van der Waals surface area contributed by atoms with Crippen molar-refractivity contribution in [1.29, 1.82) is 0 Å². The number of rotatable bonds is 8. The van der Waals surface area contributed by atoms with Gasteiger partial charge in [0.15, 0.2) is 0 Å². The first-order chi connectivity index (χ1) is 17.7. The molecule has 2 aromatic carbocycles. The highest BCUT2D eigenvalue weighted by Gasteiger charge is 2.35. The fraction of sp³-hybridized carbons (Fsp3) is 0.483. The van der Waals surface area contributed by atoms with Crippen LogP contribution < -0.4 is 0 Å². The number of aryl methyl sites for hydroxylation is 2. The third-order valence-electron chi connectivity index (χ3n) is 7.19. The van der Waals surface area contributed by atoms with Crippen LogP contribution in [0.1, 0.15) is 48.6 Å². The molecule has 1 saturated heterocycles. The summed E-state index contributed by atoms with van der Waals surface area (Å²) in [5.41, 5.74) is 5.08. The Kier molecular flexibility index (Phi) is 9.00. The van der Waals surface area contributed by atoms with E-state index in [1.165, 1.54) is 11.1 Å². The summed E-state index contributed by atoms with van der Waals surface area (Å²) in [6, 6.07) is 13.5. The van der Waals surface area contributed by atoms with Gasteiger partial charge in [-0.3, -0.25) is 14.5 Å². The molecule has 0 radical (unpaired) electrons. The fourth-order valence-electron chi connectivity index (χ4n) is 4.78. The maximum Gasteiger partial charge on any atom is 0.262 e. The molecule has 7 nitrogen and oxygen atoms in total. The molecule has 2 amide bonds. The number of hydrogen-bond acceptors (Lipinski definition) is 5. The van der Waals surface area contributed by atoms with E-state index in [0.29, 0.717) is 37.7 Å². The first-order valence-electron chi connectivity index (χ1n) is 13.0. The van der Waals surface area contributed by atoms with E-state index in [-0.39, 0.29) is 30.3 Å². The van der Waals surface area contributed by atoms with E-state index in [4.69, 9.17) is 21.4 Å². The van der Waals surface area contributed by atoms with E-state index in [1.807, 2.05) is 38.1 Å². The van der Waals surface area contributed by atoms with Crippen LogP contribution in [0.4, 0.5) is 0 Å². The lowest BCUT2D eigenvalue weighted by molar-refractivity contribution is -0.143. The van der Waals surface area contributed by atoms with Gasteiger partial charge < -0.3 is 9.64 Å². The first kappa shape index (κ1) is 27.3. The van der Waals surface area contributed by atoms with Crippen LogP contribution >= 0.6 is 11.6 Å². The Hall–Kier alpha value is -2.74. The molecule has 0 saturated carbocycles. The molecule has 1 atom stereocenters. The average Bonchev–Trinajstić information content (AvgIpc) is 3.34. The van der Waals surface area contributed by atoms with Crippen LogP contribution in [0.25, 0.3) is 0 Å². The van der Waals surface area contributed by atoms with E-state index in [1.54, 1.807) is 9.91 Å². The lowest BCUT2D eigenvalue weighted by Gasteiger charge is -2.32. The van der Waals surface area contributed by atoms with Gasteiger partial charge in [0.1, 0.15) is 6.54 Å². The third-order valence-corrected chi connectivity index (χ3v) is 7.54. The maximum atomic E-state index is 13.8. The Morgan fingerprint density at radius 3 is 2.51 bits per heavy atom. The van der Waals surface area contributed by atoms with Crippen molar-refractivity contribution < 1.29 is 14.3 Å². The van der Waals surface area contributed by atoms with E-state index in [0.717, 1.165) is 29.9 Å². The zero-order valence-electron chi connectivity index (χ0n) is 22.2. The average molecular weight is 525 g/mol. The molecule has 8 heteroatoms. The quantitative estimate of drug-likeness (QED) is 0.511. The highest BCUT2D eigenvalue weighted by atomic mass is 35.5. The molecule has 0 bridgehead atoms. The van der Waals surface area contributed by atoms with Crippen LogP contribution in [0.2, 0.25) is 5.02 Å². The molecule has 37 heavy (non-hydrogen) atoms. The summed E-state index contributed by atoms with van der Waals surface area (Å²) in [7, 11) is 0. The first-order valence-corrected chi connectivity index (χ1v) is 13.4. The Balaban J connectivity index is 1.59. The predicted molar refractivity (Wildman–Crippen MR) is 147 cm³/mol. The van der Waals surface area contributed by atoms with Crippen molar-refractivity contribution in [2.24, 2.45) is 11.0 Å². The minimum Gasteiger partial charge on any atom is -0.379 e. The second-order valence-corrected chi connectivity index (χ2v) is 10.6. The molecule has 1 unspecified atom stereocenters. The Bertz CT molecular complexity index is 1160. The normalized spacial score (nSPS) is 18.3.